The van der Waals surface area contributed by atoms with Crippen molar-refractivity contribution in [2.24, 2.45) is 18.9 Å². The third kappa shape index (κ3) is 4.27. The first kappa shape index (κ1) is 20.5. The normalized spacial score (nSPS) is 20.7. The molecule has 3 atom stereocenters. The maximum Gasteiger partial charge on any atom is 0.225 e. The summed E-state index contributed by atoms with van der Waals surface area (Å²) in [6.45, 7) is 7.95. The topological polar surface area (TPSA) is 59.0 Å². The van der Waals surface area contributed by atoms with Crippen molar-refractivity contribution in [3.8, 4) is 0 Å². The summed E-state index contributed by atoms with van der Waals surface area (Å²) in [4.78, 5) is 13.1. The van der Waals surface area contributed by atoms with Gasteiger partial charge in [0.05, 0.1) is 18.2 Å². The third-order valence-corrected chi connectivity index (χ3v) is 5.19. The number of hydrogen-bond acceptors (Lipinski definition) is 3. The maximum absolute atomic E-state index is 13.1. The highest BCUT2D eigenvalue weighted by Crippen LogP contribution is 2.30. The lowest BCUT2D eigenvalue weighted by molar-refractivity contribution is -0.125. The molecule has 0 spiro atoms. The molecule has 1 amide bonds. The van der Waals surface area contributed by atoms with Crippen molar-refractivity contribution in [3.05, 3.63) is 53.3 Å². The molecule has 0 saturated carbocycles. The van der Waals surface area contributed by atoms with E-state index < -0.39 is 0 Å². The van der Waals surface area contributed by atoms with Crippen LogP contribution in [0.5, 0.6) is 0 Å². The molecule has 1 aliphatic rings. The molecule has 1 aromatic heterocycles. The Bertz CT molecular complexity index is 743. The van der Waals surface area contributed by atoms with E-state index in [-0.39, 0.29) is 36.2 Å². The zero-order chi connectivity index (χ0) is 18.0. The van der Waals surface area contributed by atoms with Crippen molar-refractivity contribution >= 4 is 18.3 Å². The van der Waals surface area contributed by atoms with Gasteiger partial charge in [-0.2, -0.15) is 5.10 Å². The van der Waals surface area contributed by atoms with Gasteiger partial charge in [0.25, 0.3) is 0 Å². The summed E-state index contributed by atoms with van der Waals surface area (Å²) in [5, 5.41) is 10.9. The average Bonchev–Trinajstić information content (AvgIpc) is 3.21. The Morgan fingerprint density at radius 1 is 1.31 bits per heavy atom. The molecule has 1 unspecified atom stereocenters. The Morgan fingerprint density at radius 3 is 2.65 bits per heavy atom. The summed E-state index contributed by atoms with van der Waals surface area (Å²) < 4.78 is 1.80. The molecule has 6 heteroatoms. The van der Waals surface area contributed by atoms with E-state index in [1.165, 1.54) is 11.1 Å². The Labute approximate surface area is 162 Å². The van der Waals surface area contributed by atoms with Crippen LogP contribution >= 0.6 is 12.4 Å². The first-order chi connectivity index (χ1) is 12.0. The summed E-state index contributed by atoms with van der Waals surface area (Å²) in [5.41, 5.74) is 3.55. The minimum Gasteiger partial charge on any atom is -0.349 e. The van der Waals surface area contributed by atoms with Gasteiger partial charge in [0.1, 0.15) is 0 Å². The van der Waals surface area contributed by atoms with Crippen molar-refractivity contribution in [3.63, 3.8) is 0 Å². The largest absolute Gasteiger partial charge is 0.349 e. The maximum atomic E-state index is 13.1. The summed E-state index contributed by atoms with van der Waals surface area (Å²) in [6.07, 6.45) is 3.89. The summed E-state index contributed by atoms with van der Waals surface area (Å²) in [6, 6.07) is 8.33. The van der Waals surface area contributed by atoms with Crippen LogP contribution in [0.4, 0.5) is 0 Å². The van der Waals surface area contributed by atoms with Crippen molar-refractivity contribution in [2.45, 2.75) is 32.7 Å². The van der Waals surface area contributed by atoms with E-state index in [9.17, 15) is 4.79 Å². The van der Waals surface area contributed by atoms with Crippen LogP contribution in [-0.4, -0.2) is 28.8 Å². The van der Waals surface area contributed by atoms with Crippen molar-refractivity contribution in [1.29, 1.82) is 0 Å². The SMILES string of the molecule is Cc1ccccc1C(NC(=O)[C@H]1CNC[C@@H]1c1cnn(C)c1)C(C)C.Cl. The van der Waals surface area contributed by atoms with Crippen LogP contribution in [0.1, 0.15) is 42.5 Å². The molecule has 0 bridgehead atoms. The highest BCUT2D eigenvalue weighted by molar-refractivity contribution is 5.85. The smallest absolute Gasteiger partial charge is 0.225 e. The number of aromatic nitrogens is 2. The first-order valence-electron chi connectivity index (χ1n) is 9.02. The molecule has 2 heterocycles. The molecular weight excluding hydrogens is 348 g/mol. The molecule has 0 aliphatic carbocycles. The van der Waals surface area contributed by atoms with Gasteiger partial charge < -0.3 is 10.6 Å². The lowest BCUT2D eigenvalue weighted by atomic mass is 9.88. The molecule has 2 N–H and O–H groups in total. The van der Waals surface area contributed by atoms with E-state index in [0.29, 0.717) is 12.5 Å². The standard InChI is InChI=1S/C20H28N4O.ClH/c1-13(2)19(16-8-6-5-7-14(16)3)23-20(25)18-11-21-10-17(18)15-9-22-24(4)12-15;/h5-9,12-13,17-19,21H,10-11H2,1-4H3,(H,23,25);1H/t17-,18+,19?;/m1./s1. The predicted octanol–water partition coefficient (Wildman–Crippen LogP) is 2.97. The van der Waals surface area contributed by atoms with E-state index in [0.717, 1.165) is 12.1 Å². The van der Waals surface area contributed by atoms with Gasteiger partial charge in [-0.05, 0) is 29.5 Å². The minimum atomic E-state index is -0.0607. The number of aryl methyl sites for hydroxylation is 2. The molecule has 3 rings (SSSR count). The summed E-state index contributed by atoms with van der Waals surface area (Å²) in [7, 11) is 1.91. The van der Waals surface area contributed by atoms with E-state index in [1.54, 1.807) is 4.68 Å². The number of nitrogens with one attached hydrogen (secondary N) is 2. The highest BCUT2D eigenvalue weighted by atomic mass is 35.5. The number of carbonyl (C=O) groups is 1. The fraction of sp³-hybridized carbons (Fsp3) is 0.500. The lowest BCUT2D eigenvalue weighted by Crippen LogP contribution is -2.39. The van der Waals surface area contributed by atoms with Crippen LogP contribution < -0.4 is 10.6 Å². The van der Waals surface area contributed by atoms with Crippen LogP contribution in [0.25, 0.3) is 0 Å². The highest BCUT2D eigenvalue weighted by Gasteiger charge is 2.36. The number of rotatable bonds is 5. The zero-order valence-corrected chi connectivity index (χ0v) is 16.7. The van der Waals surface area contributed by atoms with Crippen molar-refractivity contribution in [2.75, 3.05) is 13.1 Å². The molecule has 1 aromatic carbocycles. The van der Waals surface area contributed by atoms with Crippen molar-refractivity contribution in [1.82, 2.24) is 20.4 Å². The third-order valence-electron chi connectivity index (χ3n) is 5.19. The van der Waals surface area contributed by atoms with Gasteiger partial charge in [-0.25, -0.2) is 0 Å². The van der Waals surface area contributed by atoms with Gasteiger partial charge in [0, 0.05) is 32.3 Å². The lowest BCUT2D eigenvalue weighted by Gasteiger charge is -2.27. The number of amides is 1. The summed E-state index contributed by atoms with van der Waals surface area (Å²) in [5.74, 6) is 0.574. The molecule has 1 saturated heterocycles. The van der Waals surface area contributed by atoms with E-state index >= 15 is 0 Å². The number of nitrogens with zero attached hydrogens (tertiary/aromatic N) is 2. The average molecular weight is 377 g/mol. The monoisotopic (exact) mass is 376 g/mol. The first-order valence-corrected chi connectivity index (χ1v) is 9.02. The molecular formula is C20H29ClN4O. The second-order valence-corrected chi connectivity index (χ2v) is 7.41. The van der Waals surface area contributed by atoms with Gasteiger partial charge in [0.2, 0.25) is 5.91 Å². The fourth-order valence-electron chi connectivity index (χ4n) is 3.74. The number of benzene rings is 1. The Balaban J connectivity index is 0.00000243. The number of halogens is 1. The predicted molar refractivity (Wildman–Crippen MR) is 106 cm³/mol. The fourth-order valence-corrected chi connectivity index (χ4v) is 3.74. The minimum absolute atomic E-state index is 0. The van der Waals surface area contributed by atoms with Gasteiger partial charge in [-0.1, -0.05) is 38.1 Å². The van der Waals surface area contributed by atoms with E-state index in [4.69, 9.17) is 0 Å². The van der Waals surface area contributed by atoms with Crippen LogP contribution in [0, 0.1) is 18.8 Å². The van der Waals surface area contributed by atoms with Gasteiger partial charge in [0.15, 0.2) is 0 Å². The van der Waals surface area contributed by atoms with Crippen LogP contribution in [0.2, 0.25) is 0 Å². The molecule has 142 valence electrons. The van der Waals surface area contributed by atoms with Gasteiger partial charge in [-0.15, -0.1) is 12.4 Å². The van der Waals surface area contributed by atoms with Crippen LogP contribution in [-0.2, 0) is 11.8 Å². The van der Waals surface area contributed by atoms with Crippen LogP contribution in [0.15, 0.2) is 36.7 Å². The van der Waals surface area contributed by atoms with E-state index in [2.05, 4.69) is 48.6 Å². The number of hydrogen-bond donors (Lipinski definition) is 2. The molecule has 5 nitrogen and oxygen atoms in total. The molecule has 0 radical (unpaired) electrons. The second kappa shape index (κ2) is 8.69. The van der Waals surface area contributed by atoms with Crippen molar-refractivity contribution < 1.29 is 4.79 Å². The Morgan fingerprint density at radius 2 is 2.04 bits per heavy atom. The van der Waals surface area contributed by atoms with E-state index in [1.807, 2.05) is 31.6 Å². The summed E-state index contributed by atoms with van der Waals surface area (Å²) >= 11 is 0. The Kier molecular flexibility index (Phi) is 6.84. The number of carbonyl (C=O) groups excluding carboxylic acids is 1. The second-order valence-electron chi connectivity index (χ2n) is 7.41. The molecule has 1 fully saturated rings. The molecule has 26 heavy (non-hydrogen) atoms. The quantitative estimate of drug-likeness (QED) is 0.843. The molecule has 1 aliphatic heterocycles. The van der Waals surface area contributed by atoms with Gasteiger partial charge >= 0.3 is 0 Å². The van der Waals surface area contributed by atoms with Crippen LogP contribution in [0.3, 0.4) is 0 Å². The molecule has 2 aromatic rings. The van der Waals surface area contributed by atoms with Gasteiger partial charge in [-0.3, -0.25) is 9.48 Å². The Hall–Kier alpha value is -1.85. The zero-order valence-electron chi connectivity index (χ0n) is 15.9.